The molecule has 1 aromatic carbocycles. The number of nitrogens with zero attached hydrogens (tertiary/aromatic N) is 2. The first-order chi connectivity index (χ1) is 10.0. The fourth-order valence-corrected chi connectivity index (χ4v) is 2.20. The minimum Gasteiger partial charge on any atom is -0.455 e. The summed E-state index contributed by atoms with van der Waals surface area (Å²) < 4.78 is 5.81. The Morgan fingerprint density at radius 3 is 2.71 bits per heavy atom. The van der Waals surface area contributed by atoms with Crippen molar-refractivity contribution < 1.29 is 9.94 Å². The number of rotatable bonds is 4. The minimum absolute atomic E-state index is 0.0823. The molecule has 0 atom stereocenters. The number of hydrogen-bond acceptors (Lipinski definition) is 4. The van der Waals surface area contributed by atoms with Crippen LogP contribution in [0.3, 0.4) is 0 Å². The molecule has 1 aromatic heterocycles. The molecule has 0 unspecified atom stereocenters. The highest BCUT2D eigenvalue weighted by molar-refractivity contribution is 5.97. The van der Waals surface area contributed by atoms with Crippen LogP contribution in [0.1, 0.15) is 36.6 Å². The van der Waals surface area contributed by atoms with Crippen molar-refractivity contribution in [3.63, 3.8) is 0 Å². The van der Waals surface area contributed by atoms with Crippen LogP contribution in [-0.2, 0) is 0 Å². The molecule has 0 fully saturated rings. The van der Waals surface area contributed by atoms with E-state index in [1.54, 1.807) is 18.3 Å². The minimum atomic E-state index is -0.0823. The Morgan fingerprint density at radius 1 is 1.33 bits per heavy atom. The average Bonchev–Trinajstić information content (AvgIpc) is 2.46. The van der Waals surface area contributed by atoms with Gasteiger partial charge in [-0.25, -0.2) is 4.98 Å². The highest BCUT2D eigenvalue weighted by atomic mass is 16.5. The molecule has 0 bridgehead atoms. The number of nitrogens with two attached hydrogens (primary N) is 1. The van der Waals surface area contributed by atoms with E-state index in [2.05, 4.69) is 37.0 Å². The van der Waals surface area contributed by atoms with Gasteiger partial charge in [0, 0.05) is 6.20 Å². The van der Waals surface area contributed by atoms with Crippen molar-refractivity contribution in [1.29, 1.82) is 0 Å². The highest BCUT2D eigenvalue weighted by Crippen LogP contribution is 2.28. The average molecular weight is 285 g/mol. The summed E-state index contributed by atoms with van der Waals surface area (Å²) >= 11 is 0. The quantitative estimate of drug-likeness (QED) is 0.390. The van der Waals surface area contributed by atoms with E-state index < -0.39 is 0 Å². The van der Waals surface area contributed by atoms with Crippen molar-refractivity contribution in [3.8, 4) is 11.5 Å². The summed E-state index contributed by atoms with van der Waals surface area (Å²) in [7, 11) is 0. The fraction of sp³-hybridized carbons (Fsp3) is 0.250. The Bertz CT molecular complexity index is 666. The molecule has 110 valence electrons. The number of hydrogen-bond donors (Lipinski definition) is 2. The van der Waals surface area contributed by atoms with Crippen molar-refractivity contribution in [2.75, 3.05) is 0 Å². The number of ether oxygens (including phenoxy) is 1. The predicted molar refractivity (Wildman–Crippen MR) is 82.1 cm³/mol. The number of amidine groups is 1. The summed E-state index contributed by atoms with van der Waals surface area (Å²) in [4.78, 5) is 4.07. The van der Waals surface area contributed by atoms with Gasteiger partial charge < -0.3 is 15.7 Å². The molecule has 0 saturated carbocycles. The number of pyridine rings is 1. The molecule has 0 amide bonds. The number of aryl methyl sites for hydroxylation is 1. The van der Waals surface area contributed by atoms with Gasteiger partial charge in [0.05, 0.1) is 0 Å². The molecule has 0 aliphatic heterocycles. The van der Waals surface area contributed by atoms with E-state index in [-0.39, 0.29) is 5.84 Å². The molecule has 21 heavy (non-hydrogen) atoms. The van der Waals surface area contributed by atoms with E-state index in [9.17, 15) is 0 Å². The smallest absolute Gasteiger partial charge is 0.192 e. The maximum Gasteiger partial charge on any atom is 0.192 e. The molecule has 5 nitrogen and oxygen atoms in total. The lowest BCUT2D eigenvalue weighted by Gasteiger charge is -2.13. The van der Waals surface area contributed by atoms with Gasteiger partial charge in [-0.05, 0) is 48.2 Å². The summed E-state index contributed by atoms with van der Waals surface area (Å²) in [6.45, 7) is 6.36. The van der Waals surface area contributed by atoms with Gasteiger partial charge in [-0.15, -0.1) is 0 Å². The molecule has 5 heteroatoms. The highest BCUT2D eigenvalue weighted by Gasteiger charge is 2.11. The molecule has 0 spiro atoms. The second-order valence-electron chi connectivity index (χ2n) is 5.11. The normalized spacial score (nSPS) is 11.7. The third-order valence-electron chi connectivity index (χ3n) is 3.21. The molecular weight excluding hydrogens is 266 g/mol. The van der Waals surface area contributed by atoms with Gasteiger partial charge in [-0.1, -0.05) is 25.1 Å². The standard InChI is InChI=1S/C16H19N3O2/c1-10(2)13-7-6-12(9-11(13)3)21-14-5-4-8-18-15(14)16(17)19-20/h4-10,20H,1-3H3,(H2,17,19). The molecule has 0 aliphatic carbocycles. The first-order valence-corrected chi connectivity index (χ1v) is 6.74. The van der Waals surface area contributed by atoms with Gasteiger partial charge >= 0.3 is 0 Å². The van der Waals surface area contributed by atoms with Gasteiger partial charge in [0.1, 0.15) is 5.75 Å². The van der Waals surface area contributed by atoms with E-state index in [1.165, 1.54) is 5.56 Å². The Hall–Kier alpha value is -2.56. The summed E-state index contributed by atoms with van der Waals surface area (Å²) in [6.07, 6.45) is 1.56. The first-order valence-electron chi connectivity index (χ1n) is 6.74. The fourth-order valence-electron chi connectivity index (χ4n) is 2.20. The molecule has 1 heterocycles. The Morgan fingerprint density at radius 2 is 2.10 bits per heavy atom. The van der Waals surface area contributed by atoms with Crippen molar-refractivity contribution in [1.82, 2.24) is 4.98 Å². The zero-order valence-corrected chi connectivity index (χ0v) is 12.4. The predicted octanol–water partition coefficient (Wildman–Crippen LogP) is 3.40. The maximum absolute atomic E-state index is 8.79. The van der Waals surface area contributed by atoms with Gasteiger partial charge in [0.25, 0.3) is 0 Å². The van der Waals surface area contributed by atoms with Crippen LogP contribution >= 0.6 is 0 Å². The van der Waals surface area contributed by atoms with Crippen molar-refractivity contribution in [2.45, 2.75) is 26.7 Å². The molecule has 0 aliphatic rings. The van der Waals surface area contributed by atoms with E-state index in [0.29, 0.717) is 23.1 Å². The second kappa shape index (κ2) is 6.26. The van der Waals surface area contributed by atoms with Crippen LogP contribution in [0.25, 0.3) is 0 Å². The summed E-state index contributed by atoms with van der Waals surface area (Å²) in [6, 6.07) is 9.39. The van der Waals surface area contributed by atoms with Crippen LogP contribution in [0.15, 0.2) is 41.7 Å². The van der Waals surface area contributed by atoms with Crippen LogP contribution in [0.5, 0.6) is 11.5 Å². The van der Waals surface area contributed by atoms with Crippen molar-refractivity contribution >= 4 is 5.84 Å². The number of oxime groups is 1. The lowest BCUT2D eigenvalue weighted by atomic mass is 9.98. The van der Waals surface area contributed by atoms with Gasteiger partial charge in [0.15, 0.2) is 17.3 Å². The van der Waals surface area contributed by atoms with Crippen molar-refractivity contribution in [2.24, 2.45) is 10.9 Å². The molecule has 0 radical (unpaired) electrons. The second-order valence-corrected chi connectivity index (χ2v) is 5.11. The number of aromatic nitrogens is 1. The van der Waals surface area contributed by atoms with Gasteiger partial charge in [0.2, 0.25) is 0 Å². The van der Waals surface area contributed by atoms with Gasteiger partial charge in [-0.3, -0.25) is 0 Å². The van der Waals surface area contributed by atoms with Crippen LogP contribution in [0, 0.1) is 6.92 Å². The topological polar surface area (TPSA) is 80.7 Å². The van der Waals surface area contributed by atoms with Crippen molar-refractivity contribution in [3.05, 3.63) is 53.3 Å². The summed E-state index contributed by atoms with van der Waals surface area (Å²) in [5, 5.41) is 11.8. The Balaban J connectivity index is 2.33. The third-order valence-corrected chi connectivity index (χ3v) is 3.21. The molecule has 2 rings (SSSR count). The molecule has 0 saturated heterocycles. The Kier molecular flexibility index (Phi) is 4.42. The molecule has 2 aromatic rings. The molecular formula is C16H19N3O2. The van der Waals surface area contributed by atoms with Crippen LogP contribution in [-0.4, -0.2) is 16.0 Å². The van der Waals surface area contributed by atoms with Crippen LogP contribution in [0.4, 0.5) is 0 Å². The SMILES string of the molecule is Cc1cc(Oc2cccnc2/C(N)=N/O)ccc1C(C)C. The summed E-state index contributed by atoms with van der Waals surface area (Å²) in [5.74, 6) is 1.52. The van der Waals surface area contributed by atoms with E-state index >= 15 is 0 Å². The van der Waals surface area contributed by atoms with E-state index in [1.807, 2.05) is 12.1 Å². The maximum atomic E-state index is 8.79. The zero-order chi connectivity index (χ0) is 15.4. The van der Waals surface area contributed by atoms with Crippen LogP contribution < -0.4 is 10.5 Å². The lowest BCUT2D eigenvalue weighted by Crippen LogP contribution is -2.15. The van der Waals surface area contributed by atoms with Crippen LogP contribution in [0.2, 0.25) is 0 Å². The molecule has 3 N–H and O–H groups in total. The zero-order valence-electron chi connectivity index (χ0n) is 12.4. The first kappa shape index (κ1) is 14.8. The monoisotopic (exact) mass is 285 g/mol. The Labute approximate surface area is 124 Å². The lowest BCUT2D eigenvalue weighted by molar-refractivity contribution is 0.318. The third kappa shape index (κ3) is 3.31. The largest absolute Gasteiger partial charge is 0.455 e. The number of benzene rings is 1. The van der Waals surface area contributed by atoms with E-state index in [4.69, 9.17) is 15.7 Å². The summed E-state index contributed by atoms with van der Waals surface area (Å²) in [5.41, 5.74) is 8.36. The van der Waals surface area contributed by atoms with E-state index in [0.717, 1.165) is 5.56 Å². The van der Waals surface area contributed by atoms with Gasteiger partial charge in [-0.2, -0.15) is 0 Å².